The summed E-state index contributed by atoms with van der Waals surface area (Å²) < 4.78 is 7.50. The maximum Gasteiger partial charge on any atom is 0.124 e. The van der Waals surface area contributed by atoms with E-state index in [0.29, 0.717) is 0 Å². The summed E-state index contributed by atoms with van der Waals surface area (Å²) in [6, 6.07) is 6.30. The Hall–Kier alpha value is -0.540. The largest absolute Gasteiger partial charge is 0.487 e. The molecule has 2 aliphatic rings. The highest BCUT2D eigenvalue weighted by Gasteiger charge is 2.44. The molecular weight excluding hydrogens is 302 g/mol. The van der Waals surface area contributed by atoms with Crippen molar-refractivity contribution in [3.8, 4) is 5.75 Å². The molecule has 1 fully saturated rings. The summed E-state index contributed by atoms with van der Waals surface area (Å²) in [6.07, 6.45) is 4.54. The Bertz CT molecular complexity index is 478. The van der Waals surface area contributed by atoms with E-state index in [1.165, 1.54) is 6.42 Å². The molecule has 1 saturated carbocycles. The molecule has 0 bridgehead atoms. The van der Waals surface area contributed by atoms with E-state index in [9.17, 15) is 0 Å². The number of halogens is 1. The van der Waals surface area contributed by atoms with Gasteiger partial charge in [-0.1, -0.05) is 29.8 Å². The first-order valence-electron chi connectivity index (χ1n) is 7.21. The number of hydrogen-bond donors (Lipinski definition) is 1. The van der Waals surface area contributed by atoms with Crippen molar-refractivity contribution in [1.29, 1.82) is 0 Å². The third kappa shape index (κ3) is 2.55. The molecule has 1 aromatic rings. The third-order valence-electron chi connectivity index (χ3n) is 4.54. The highest BCUT2D eigenvalue weighted by atomic mass is 79.9. The normalized spacial score (nSPS) is 37.8. The zero-order chi connectivity index (χ0) is 13.6. The topological polar surface area (TPSA) is 35.2 Å². The SMILES string of the molecule is CC1CC(C)CC2(C1)C[C@H](N)c1cc(Br)ccc1O2. The van der Waals surface area contributed by atoms with Gasteiger partial charge in [-0.2, -0.15) is 0 Å². The van der Waals surface area contributed by atoms with Crippen LogP contribution in [0, 0.1) is 11.8 Å². The van der Waals surface area contributed by atoms with Crippen LogP contribution in [0.25, 0.3) is 0 Å². The molecule has 3 heteroatoms. The van der Waals surface area contributed by atoms with Crippen LogP contribution in [0.15, 0.2) is 22.7 Å². The molecule has 2 unspecified atom stereocenters. The molecule has 104 valence electrons. The van der Waals surface area contributed by atoms with E-state index < -0.39 is 0 Å². The Kier molecular flexibility index (Phi) is 3.38. The van der Waals surface area contributed by atoms with Gasteiger partial charge in [-0.25, -0.2) is 0 Å². The molecule has 0 saturated heterocycles. The van der Waals surface area contributed by atoms with Gasteiger partial charge in [0.2, 0.25) is 0 Å². The Morgan fingerprint density at radius 2 is 1.89 bits per heavy atom. The van der Waals surface area contributed by atoms with Crippen molar-refractivity contribution in [2.75, 3.05) is 0 Å². The van der Waals surface area contributed by atoms with Crippen LogP contribution < -0.4 is 10.5 Å². The lowest BCUT2D eigenvalue weighted by molar-refractivity contribution is -0.0311. The number of nitrogens with two attached hydrogens (primary N) is 1. The summed E-state index contributed by atoms with van der Waals surface area (Å²) in [6.45, 7) is 4.67. The van der Waals surface area contributed by atoms with Gasteiger partial charge in [0.1, 0.15) is 11.4 Å². The molecule has 0 aromatic heterocycles. The molecule has 2 N–H and O–H groups in total. The van der Waals surface area contributed by atoms with Crippen LogP contribution in [0.1, 0.15) is 51.1 Å². The minimum Gasteiger partial charge on any atom is -0.487 e. The minimum absolute atomic E-state index is 0.0304. The van der Waals surface area contributed by atoms with Crippen molar-refractivity contribution < 1.29 is 4.74 Å². The van der Waals surface area contributed by atoms with Crippen LogP contribution in [-0.4, -0.2) is 5.60 Å². The molecule has 0 radical (unpaired) electrons. The summed E-state index contributed by atoms with van der Waals surface area (Å²) in [7, 11) is 0. The van der Waals surface area contributed by atoms with Gasteiger partial charge in [0.05, 0.1) is 0 Å². The second-order valence-corrected chi connectivity index (χ2v) is 7.55. The third-order valence-corrected chi connectivity index (χ3v) is 5.03. The standard InChI is InChI=1S/C16H22BrNO/c1-10-5-11(2)8-16(7-10)9-14(18)13-6-12(17)3-4-15(13)19-16/h3-4,6,10-11,14H,5,7-9,18H2,1-2H3/t10?,11?,14-,16?/m0/s1. The molecule has 1 aliphatic carbocycles. The minimum atomic E-state index is -0.0304. The van der Waals surface area contributed by atoms with Crippen molar-refractivity contribution in [2.45, 2.75) is 51.2 Å². The first-order valence-corrected chi connectivity index (χ1v) is 8.01. The lowest BCUT2D eigenvalue weighted by Gasteiger charge is -2.47. The monoisotopic (exact) mass is 323 g/mol. The van der Waals surface area contributed by atoms with E-state index in [1.54, 1.807) is 0 Å². The summed E-state index contributed by atoms with van der Waals surface area (Å²) in [5, 5.41) is 0. The van der Waals surface area contributed by atoms with Crippen molar-refractivity contribution in [2.24, 2.45) is 17.6 Å². The van der Waals surface area contributed by atoms with Crippen LogP contribution in [0.4, 0.5) is 0 Å². The van der Waals surface area contributed by atoms with Gasteiger partial charge < -0.3 is 10.5 Å². The lowest BCUT2D eigenvalue weighted by Crippen LogP contribution is -2.48. The number of fused-ring (bicyclic) bond motifs is 1. The van der Waals surface area contributed by atoms with E-state index in [-0.39, 0.29) is 11.6 Å². The van der Waals surface area contributed by atoms with Gasteiger partial charge in [-0.3, -0.25) is 0 Å². The molecule has 1 heterocycles. The zero-order valence-electron chi connectivity index (χ0n) is 11.7. The highest BCUT2D eigenvalue weighted by Crippen LogP contribution is 2.48. The Morgan fingerprint density at radius 3 is 2.58 bits per heavy atom. The smallest absolute Gasteiger partial charge is 0.124 e. The van der Waals surface area contributed by atoms with Gasteiger partial charge in [0, 0.05) is 22.5 Å². The van der Waals surface area contributed by atoms with Crippen LogP contribution >= 0.6 is 15.9 Å². The van der Waals surface area contributed by atoms with E-state index in [4.69, 9.17) is 10.5 Å². The number of benzene rings is 1. The van der Waals surface area contributed by atoms with Crippen LogP contribution in [0.2, 0.25) is 0 Å². The molecule has 3 rings (SSSR count). The second-order valence-electron chi connectivity index (χ2n) is 6.63. The average Bonchev–Trinajstić information content (AvgIpc) is 2.28. The lowest BCUT2D eigenvalue weighted by atomic mass is 9.69. The fourth-order valence-electron chi connectivity index (χ4n) is 4.14. The van der Waals surface area contributed by atoms with E-state index in [0.717, 1.165) is 46.9 Å². The summed E-state index contributed by atoms with van der Waals surface area (Å²) in [5.74, 6) is 2.45. The molecule has 0 amide bonds. The van der Waals surface area contributed by atoms with Crippen LogP contribution in [0.5, 0.6) is 5.75 Å². The zero-order valence-corrected chi connectivity index (χ0v) is 13.2. The fourth-order valence-corrected chi connectivity index (χ4v) is 4.52. The van der Waals surface area contributed by atoms with Gasteiger partial charge in [-0.05, 0) is 49.3 Å². The second kappa shape index (κ2) is 4.78. The molecule has 1 aromatic carbocycles. The van der Waals surface area contributed by atoms with Gasteiger partial charge in [0.25, 0.3) is 0 Å². The number of hydrogen-bond acceptors (Lipinski definition) is 2. The van der Waals surface area contributed by atoms with E-state index in [1.807, 2.05) is 6.07 Å². The number of ether oxygens (including phenoxy) is 1. The van der Waals surface area contributed by atoms with Crippen LogP contribution in [-0.2, 0) is 0 Å². The van der Waals surface area contributed by atoms with Crippen LogP contribution in [0.3, 0.4) is 0 Å². The summed E-state index contributed by atoms with van der Waals surface area (Å²) in [4.78, 5) is 0. The van der Waals surface area contributed by atoms with Gasteiger partial charge >= 0.3 is 0 Å². The summed E-state index contributed by atoms with van der Waals surface area (Å²) >= 11 is 3.51. The highest BCUT2D eigenvalue weighted by molar-refractivity contribution is 9.10. The van der Waals surface area contributed by atoms with E-state index >= 15 is 0 Å². The predicted octanol–water partition coefficient (Wildman–Crippen LogP) is 4.43. The maximum atomic E-state index is 6.43. The first-order chi connectivity index (χ1) is 8.97. The van der Waals surface area contributed by atoms with Crippen molar-refractivity contribution in [1.82, 2.24) is 0 Å². The van der Waals surface area contributed by atoms with Gasteiger partial charge in [0.15, 0.2) is 0 Å². The quantitative estimate of drug-likeness (QED) is 0.766. The van der Waals surface area contributed by atoms with E-state index in [2.05, 4.69) is 41.9 Å². The van der Waals surface area contributed by atoms with Gasteiger partial charge in [-0.15, -0.1) is 0 Å². The Morgan fingerprint density at radius 1 is 1.21 bits per heavy atom. The maximum absolute atomic E-state index is 6.43. The predicted molar refractivity (Wildman–Crippen MR) is 81.2 cm³/mol. The Labute approximate surface area is 123 Å². The molecule has 1 aliphatic heterocycles. The molecule has 3 atom stereocenters. The fraction of sp³-hybridized carbons (Fsp3) is 0.625. The first kappa shape index (κ1) is 13.4. The average molecular weight is 324 g/mol. The van der Waals surface area contributed by atoms with Crippen molar-refractivity contribution >= 4 is 15.9 Å². The molecular formula is C16H22BrNO. The Balaban J connectivity index is 1.94. The number of rotatable bonds is 0. The molecule has 1 spiro atoms. The molecule has 2 nitrogen and oxygen atoms in total. The van der Waals surface area contributed by atoms with Crippen molar-refractivity contribution in [3.05, 3.63) is 28.2 Å². The summed E-state index contributed by atoms with van der Waals surface area (Å²) in [5.41, 5.74) is 7.52. The molecule has 19 heavy (non-hydrogen) atoms. The van der Waals surface area contributed by atoms with Crippen molar-refractivity contribution in [3.63, 3.8) is 0 Å².